The quantitative estimate of drug-likeness (QED) is 0.733. The van der Waals surface area contributed by atoms with Crippen LogP contribution in [0, 0.1) is 0 Å². The summed E-state index contributed by atoms with van der Waals surface area (Å²) in [5.41, 5.74) is 4.29. The summed E-state index contributed by atoms with van der Waals surface area (Å²) < 4.78 is 2.16. The van der Waals surface area contributed by atoms with Gasteiger partial charge in [-0.25, -0.2) is 0 Å². The van der Waals surface area contributed by atoms with E-state index >= 15 is 0 Å². The molecule has 0 saturated heterocycles. The summed E-state index contributed by atoms with van der Waals surface area (Å²) in [5, 5.41) is 13.2. The molecule has 124 valence electrons. The number of aryl methyl sites for hydroxylation is 1. The fourth-order valence-corrected chi connectivity index (χ4v) is 4.10. The number of rotatable bonds is 3. The summed E-state index contributed by atoms with van der Waals surface area (Å²) in [7, 11) is 2.09. The number of aromatic nitrogens is 3. The fourth-order valence-electron chi connectivity index (χ4n) is 3.43. The molecule has 0 bridgehead atoms. The molecule has 0 amide bonds. The Kier molecular flexibility index (Phi) is 4.34. The molecule has 0 spiro atoms. The molecule has 1 aliphatic heterocycles. The summed E-state index contributed by atoms with van der Waals surface area (Å²) in [6.45, 7) is 2.04. The molecule has 4 rings (SSSR count). The minimum Gasteiger partial charge on any atom is -0.341 e. The van der Waals surface area contributed by atoms with Gasteiger partial charge in [-0.1, -0.05) is 24.3 Å². The van der Waals surface area contributed by atoms with Crippen LogP contribution in [0.1, 0.15) is 28.9 Å². The van der Waals surface area contributed by atoms with Gasteiger partial charge in [0.25, 0.3) is 0 Å². The highest BCUT2D eigenvalue weighted by Crippen LogP contribution is 2.21. The fraction of sp³-hybridized carbons (Fsp3) is 0.368. The topological polar surface area (TPSA) is 34.0 Å². The van der Waals surface area contributed by atoms with Crippen molar-refractivity contribution in [2.24, 2.45) is 7.05 Å². The molecule has 24 heavy (non-hydrogen) atoms. The Morgan fingerprint density at radius 2 is 1.88 bits per heavy atom. The van der Waals surface area contributed by atoms with Crippen molar-refractivity contribution in [1.29, 1.82) is 0 Å². The van der Waals surface area contributed by atoms with Crippen LogP contribution in [0.3, 0.4) is 0 Å². The van der Waals surface area contributed by atoms with Gasteiger partial charge in [0.1, 0.15) is 5.82 Å². The first kappa shape index (κ1) is 15.4. The summed E-state index contributed by atoms with van der Waals surface area (Å²) in [5.74, 6) is 2.03. The normalized spacial score (nSPS) is 15.0. The minimum absolute atomic E-state index is 0.851. The van der Waals surface area contributed by atoms with E-state index in [0.717, 1.165) is 50.5 Å². The lowest BCUT2D eigenvalue weighted by atomic mass is 9.98. The minimum atomic E-state index is 0.851. The first-order valence-corrected chi connectivity index (χ1v) is 9.46. The number of hydrogen-bond donors (Lipinski definition) is 0. The van der Waals surface area contributed by atoms with Gasteiger partial charge >= 0.3 is 0 Å². The molecule has 1 aromatic carbocycles. The Morgan fingerprint density at radius 1 is 1.04 bits per heavy atom. The zero-order chi connectivity index (χ0) is 16.4. The van der Waals surface area contributed by atoms with Gasteiger partial charge in [-0.3, -0.25) is 0 Å². The molecule has 3 heterocycles. The third kappa shape index (κ3) is 3.08. The van der Waals surface area contributed by atoms with Crippen LogP contribution in [-0.4, -0.2) is 27.9 Å². The van der Waals surface area contributed by atoms with Gasteiger partial charge in [-0.05, 0) is 52.8 Å². The molecular formula is C19H22N4S. The van der Waals surface area contributed by atoms with Gasteiger partial charge in [-0.15, -0.1) is 10.2 Å². The van der Waals surface area contributed by atoms with Crippen LogP contribution < -0.4 is 4.90 Å². The van der Waals surface area contributed by atoms with Crippen molar-refractivity contribution >= 4 is 17.3 Å². The third-order valence-electron chi connectivity index (χ3n) is 4.81. The second-order valence-corrected chi connectivity index (χ2v) is 7.17. The SMILES string of the molecule is Cn1c(Cc2ccsc2)nnc1N1CCCc2ccccc2CC1. The summed E-state index contributed by atoms with van der Waals surface area (Å²) in [6, 6.07) is 11.0. The molecule has 0 radical (unpaired) electrons. The highest BCUT2D eigenvalue weighted by atomic mass is 32.1. The van der Waals surface area contributed by atoms with Crippen molar-refractivity contribution in [2.75, 3.05) is 18.0 Å². The van der Waals surface area contributed by atoms with E-state index in [4.69, 9.17) is 0 Å². The van der Waals surface area contributed by atoms with Gasteiger partial charge in [0.2, 0.25) is 5.95 Å². The lowest BCUT2D eigenvalue weighted by Crippen LogP contribution is -2.31. The second kappa shape index (κ2) is 6.77. The van der Waals surface area contributed by atoms with Crippen molar-refractivity contribution in [3.8, 4) is 0 Å². The van der Waals surface area contributed by atoms with Crippen molar-refractivity contribution in [3.05, 3.63) is 63.6 Å². The molecule has 0 fully saturated rings. The van der Waals surface area contributed by atoms with Crippen LogP contribution in [0.4, 0.5) is 5.95 Å². The third-order valence-corrected chi connectivity index (χ3v) is 5.54. The van der Waals surface area contributed by atoms with Crippen molar-refractivity contribution in [2.45, 2.75) is 25.7 Å². The highest BCUT2D eigenvalue weighted by molar-refractivity contribution is 7.07. The molecule has 3 aromatic rings. The van der Waals surface area contributed by atoms with E-state index in [1.165, 1.54) is 16.7 Å². The number of nitrogens with zero attached hydrogens (tertiary/aromatic N) is 4. The lowest BCUT2D eigenvalue weighted by Gasteiger charge is -2.26. The van der Waals surface area contributed by atoms with Crippen molar-refractivity contribution < 1.29 is 0 Å². The largest absolute Gasteiger partial charge is 0.341 e. The van der Waals surface area contributed by atoms with Crippen LogP contribution >= 0.6 is 11.3 Å². The average molecular weight is 338 g/mol. The number of hydrogen-bond acceptors (Lipinski definition) is 4. The maximum absolute atomic E-state index is 4.49. The predicted molar refractivity (Wildman–Crippen MR) is 98.8 cm³/mol. The van der Waals surface area contributed by atoms with E-state index in [-0.39, 0.29) is 0 Å². The van der Waals surface area contributed by atoms with Gasteiger partial charge in [-0.2, -0.15) is 11.3 Å². The molecule has 4 nitrogen and oxygen atoms in total. The molecule has 0 saturated carbocycles. The van der Waals surface area contributed by atoms with Crippen molar-refractivity contribution in [3.63, 3.8) is 0 Å². The van der Waals surface area contributed by atoms with Crippen molar-refractivity contribution in [1.82, 2.24) is 14.8 Å². The zero-order valence-electron chi connectivity index (χ0n) is 14.0. The van der Waals surface area contributed by atoms with E-state index in [9.17, 15) is 0 Å². The van der Waals surface area contributed by atoms with E-state index < -0.39 is 0 Å². The Morgan fingerprint density at radius 3 is 2.67 bits per heavy atom. The molecular weight excluding hydrogens is 316 g/mol. The first-order chi connectivity index (χ1) is 11.8. The van der Waals surface area contributed by atoms with Crippen LogP contribution in [-0.2, 0) is 26.3 Å². The average Bonchev–Trinajstić information content (AvgIpc) is 3.20. The Bertz CT molecular complexity index is 807. The van der Waals surface area contributed by atoms with Gasteiger partial charge < -0.3 is 9.47 Å². The smallest absolute Gasteiger partial charge is 0.226 e. The number of benzene rings is 1. The van der Waals surface area contributed by atoms with Crippen LogP contribution in [0.5, 0.6) is 0 Å². The van der Waals surface area contributed by atoms with E-state index in [1.807, 2.05) is 0 Å². The summed E-state index contributed by atoms with van der Waals surface area (Å²) in [6.07, 6.45) is 4.22. The van der Waals surface area contributed by atoms with E-state index in [2.05, 4.69) is 67.8 Å². The highest BCUT2D eigenvalue weighted by Gasteiger charge is 2.18. The predicted octanol–water partition coefficient (Wildman–Crippen LogP) is 3.46. The Hall–Kier alpha value is -2.14. The molecule has 0 N–H and O–H groups in total. The van der Waals surface area contributed by atoms with Crippen LogP contribution in [0.15, 0.2) is 41.1 Å². The number of thiophene rings is 1. The van der Waals surface area contributed by atoms with Gasteiger partial charge in [0, 0.05) is 26.6 Å². The van der Waals surface area contributed by atoms with Crippen LogP contribution in [0.25, 0.3) is 0 Å². The maximum atomic E-state index is 4.49. The lowest BCUT2D eigenvalue weighted by molar-refractivity contribution is 0.661. The number of anilines is 1. The maximum Gasteiger partial charge on any atom is 0.226 e. The van der Waals surface area contributed by atoms with E-state index in [1.54, 1.807) is 11.3 Å². The first-order valence-electron chi connectivity index (χ1n) is 8.52. The number of fused-ring (bicyclic) bond motifs is 1. The van der Waals surface area contributed by atoms with E-state index in [0.29, 0.717) is 0 Å². The van der Waals surface area contributed by atoms with Crippen LogP contribution in [0.2, 0.25) is 0 Å². The molecule has 0 unspecified atom stereocenters. The summed E-state index contributed by atoms with van der Waals surface area (Å²) in [4.78, 5) is 2.39. The standard InChI is InChI=1S/C19H22N4S/c1-22-18(13-15-9-12-24-14-15)20-21-19(22)23-10-4-7-16-5-2-3-6-17(16)8-11-23/h2-3,5-6,9,12,14H,4,7-8,10-11,13H2,1H3. The van der Waals surface area contributed by atoms with Gasteiger partial charge in [0.15, 0.2) is 0 Å². The molecule has 1 aliphatic rings. The Balaban J connectivity index is 1.53. The monoisotopic (exact) mass is 338 g/mol. The molecule has 0 aliphatic carbocycles. The zero-order valence-corrected chi connectivity index (χ0v) is 14.8. The molecule has 0 atom stereocenters. The summed E-state index contributed by atoms with van der Waals surface area (Å²) >= 11 is 1.73. The van der Waals surface area contributed by atoms with Gasteiger partial charge in [0.05, 0.1) is 0 Å². The second-order valence-electron chi connectivity index (χ2n) is 6.39. The molecule has 2 aromatic heterocycles. The molecule has 5 heteroatoms. The Labute approximate surface area is 146 Å².